The van der Waals surface area contributed by atoms with Crippen LogP contribution in [0.2, 0.25) is 0 Å². The fourth-order valence-corrected chi connectivity index (χ4v) is 6.34. The molecule has 3 atom stereocenters. The third kappa shape index (κ3) is 39.4. The van der Waals surface area contributed by atoms with Crippen molar-refractivity contribution in [2.24, 2.45) is 0 Å². The van der Waals surface area contributed by atoms with Crippen LogP contribution in [0, 0.1) is 0 Å². The summed E-state index contributed by atoms with van der Waals surface area (Å²) in [7, 11) is 0. The van der Waals surface area contributed by atoms with Crippen molar-refractivity contribution >= 4 is 11.9 Å². The Bertz CT molecular complexity index is 1220. The molecule has 0 aromatic carbocycles. The van der Waals surface area contributed by atoms with Crippen molar-refractivity contribution in [3.8, 4) is 0 Å². The highest BCUT2D eigenvalue weighted by atomic mass is 16.5. The van der Waals surface area contributed by atoms with Crippen LogP contribution in [-0.4, -0.2) is 46.9 Å². The van der Waals surface area contributed by atoms with Gasteiger partial charge in [0.2, 0.25) is 5.91 Å². The molecular weight excluding hydrogens is 719 g/mol. The molecule has 6 nitrogen and oxygen atoms in total. The molecule has 0 aromatic rings. The van der Waals surface area contributed by atoms with E-state index in [0.29, 0.717) is 19.3 Å². The van der Waals surface area contributed by atoms with E-state index in [1.165, 1.54) is 51.4 Å². The van der Waals surface area contributed by atoms with Gasteiger partial charge in [-0.05, 0) is 64.2 Å². The lowest BCUT2D eigenvalue weighted by Crippen LogP contribution is -2.46. The van der Waals surface area contributed by atoms with Gasteiger partial charge in [0.15, 0.2) is 0 Å². The normalized spacial score (nSPS) is 14.4. The first-order valence-corrected chi connectivity index (χ1v) is 23.2. The summed E-state index contributed by atoms with van der Waals surface area (Å²) in [6.45, 7) is 6.15. The first-order chi connectivity index (χ1) is 28.5. The summed E-state index contributed by atoms with van der Waals surface area (Å²) >= 11 is 0. The molecule has 0 rings (SSSR count). The molecule has 0 radical (unpaired) electrons. The second kappa shape index (κ2) is 44.6. The van der Waals surface area contributed by atoms with E-state index in [9.17, 15) is 19.8 Å². The molecule has 3 N–H and O–H groups in total. The summed E-state index contributed by atoms with van der Waals surface area (Å²) in [4.78, 5) is 26.0. The minimum atomic E-state index is -0.810. The topological polar surface area (TPSA) is 95.9 Å². The summed E-state index contributed by atoms with van der Waals surface area (Å²) in [5.74, 6) is -0.575. The summed E-state index contributed by atoms with van der Waals surface area (Å²) < 4.78 is 5.87. The number of unbranched alkanes of at least 4 members (excludes halogenated alkanes) is 16. The summed E-state index contributed by atoms with van der Waals surface area (Å²) in [6.07, 6.45) is 60.0. The van der Waals surface area contributed by atoms with Crippen molar-refractivity contribution in [1.29, 1.82) is 0 Å². The number of carbonyl (C=O) groups excluding carboxylic acids is 2. The zero-order chi connectivity index (χ0) is 42.4. The van der Waals surface area contributed by atoms with Gasteiger partial charge >= 0.3 is 5.97 Å². The van der Waals surface area contributed by atoms with Gasteiger partial charge in [-0.25, -0.2) is 0 Å². The van der Waals surface area contributed by atoms with Crippen molar-refractivity contribution in [2.45, 2.75) is 200 Å². The number of esters is 1. The SMILES string of the molecule is CC\C=C/C=C/C=C/C=C\C=C\C=C\CCCCCC(=O)OC(CCCCC\C=C/C=C/C=C/CC)CC(=O)NC(CO)C(O)CCCCCCCCCCCCC. The van der Waals surface area contributed by atoms with E-state index in [4.69, 9.17) is 4.74 Å². The molecule has 0 aliphatic heterocycles. The highest BCUT2D eigenvalue weighted by Crippen LogP contribution is 2.16. The van der Waals surface area contributed by atoms with E-state index in [1.54, 1.807) is 0 Å². The van der Waals surface area contributed by atoms with Gasteiger partial charge in [0.05, 0.1) is 25.2 Å². The number of allylic oxidation sites excluding steroid dienone is 18. The summed E-state index contributed by atoms with van der Waals surface area (Å²) in [5, 5.41) is 23.6. The zero-order valence-corrected chi connectivity index (χ0v) is 37.1. The van der Waals surface area contributed by atoms with Crippen molar-refractivity contribution in [2.75, 3.05) is 6.61 Å². The van der Waals surface area contributed by atoms with Gasteiger partial charge in [-0.2, -0.15) is 0 Å². The van der Waals surface area contributed by atoms with Gasteiger partial charge < -0.3 is 20.3 Å². The Kier molecular flexibility index (Phi) is 41.9. The molecule has 0 fully saturated rings. The first kappa shape index (κ1) is 54.5. The van der Waals surface area contributed by atoms with Crippen LogP contribution in [0.25, 0.3) is 0 Å². The quantitative estimate of drug-likeness (QED) is 0.0327. The Morgan fingerprint density at radius 3 is 1.41 bits per heavy atom. The average molecular weight is 804 g/mol. The maximum atomic E-state index is 13.1. The van der Waals surface area contributed by atoms with Crippen LogP contribution >= 0.6 is 0 Å². The number of rotatable bonds is 39. The lowest BCUT2D eigenvalue weighted by atomic mass is 10.0. The number of hydrogen-bond donors (Lipinski definition) is 3. The predicted molar refractivity (Wildman–Crippen MR) is 250 cm³/mol. The second-order valence-corrected chi connectivity index (χ2v) is 15.3. The van der Waals surface area contributed by atoms with Gasteiger partial charge in [-0.15, -0.1) is 0 Å². The molecule has 58 heavy (non-hydrogen) atoms. The Hall–Kier alpha value is -3.48. The van der Waals surface area contributed by atoms with Crippen LogP contribution in [0.4, 0.5) is 0 Å². The number of aliphatic hydroxyl groups is 2. The van der Waals surface area contributed by atoms with Crippen LogP contribution in [0.1, 0.15) is 181 Å². The van der Waals surface area contributed by atoms with Gasteiger partial charge in [0, 0.05) is 6.42 Å². The summed E-state index contributed by atoms with van der Waals surface area (Å²) in [5.41, 5.74) is 0. The number of carbonyl (C=O) groups is 2. The van der Waals surface area contributed by atoms with E-state index >= 15 is 0 Å². The largest absolute Gasteiger partial charge is 0.462 e. The molecule has 328 valence electrons. The Labute approximate surface area is 356 Å². The van der Waals surface area contributed by atoms with Crippen molar-refractivity contribution in [3.63, 3.8) is 0 Å². The fraction of sp³-hybridized carbons (Fsp3) is 0.615. The third-order valence-corrected chi connectivity index (χ3v) is 9.82. The zero-order valence-electron chi connectivity index (χ0n) is 37.1. The van der Waals surface area contributed by atoms with Gasteiger partial charge in [0.1, 0.15) is 6.10 Å². The van der Waals surface area contributed by atoms with Crippen molar-refractivity contribution < 1.29 is 24.5 Å². The van der Waals surface area contributed by atoms with Crippen molar-refractivity contribution in [1.82, 2.24) is 5.32 Å². The fourth-order valence-electron chi connectivity index (χ4n) is 6.34. The number of aliphatic hydroxyl groups excluding tert-OH is 2. The maximum Gasteiger partial charge on any atom is 0.306 e. The minimum Gasteiger partial charge on any atom is -0.462 e. The van der Waals surface area contributed by atoms with Gasteiger partial charge in [-0.3, -0.25) is 9.59 Å². The van der Waals surface area contributed by atoms with E-state index in [2.05, 4.69) is 62.5 Å². The highest BCUT2D eigenvalue weighted by molar-refractivity contribution is 5.77. The van der Waals surface area contributed by atoms with E-state index in [1.807, 2.05) is 72.9 Å². The Balaban J connectivity index is 4.74. The van der Waals surface area contributed by atoms with E-state index < -0.39 is 18.2 Å². The standard InChI is InChI=1S/C52H85NO5/c1-4-7-10-13-16-19-22-23-24-25-26-27-30-33-36-39-42-45-52(57)58-48(43-40-37-34-31-28-20-17-14-11-8-5-2)46-51(56)53-49(47-54)50(55)44-41-38-35-32-29-21-18-15-12-9-6-3/h7-8,10-11,13-14,16-17,19-20,22-28,30,48-50,54-55H,4-6,9,12,15,18,21,29,31-47H2,1-3H3,(H,53,56)/b10-7-,11-8+,16-13+,17-14+,22-19+,24-23-,26-25+,28-20-,30-27+. The van der Waals surface area contributed by atoms with Crippen LogP contribution < -0.4 is 5.32 Å². The van der Waals surface area contributed by atoms with Crippen molar-refractivity contribution in [3.05, 3.63) is 109 Å². The lowest BCUT2D eigenvalue weighted by molar-refractivity contribution is -0.151. The van der Waals surface area contributed by atoms with Gasteiger partial charge in [0.25, 0.3) is 0 Å². The monoisotopic (exact) mass is 804 g/mol. The number of nitrogens with one attached hydrogen (secondary N) is 1. The third-order valence-electron chi connectivity index (χ3n) is 9.82. The Morgan fingerprint density at radius 1 is 0.517 bits per heavy atom. The lowest BCUT2D eigenvalue weighted by Gasteiger charge is -2.24. The highest BCUT2D eigenvalue weighted by Gasteiger charge is 2.24. The summed E-state index contributed by atoms with van der Waals surface area (Å²) in [6, 6.07) is -0.728. The first-order valence-electron chi connectivity index (χ1n) is 23.2. The smallest absolute Gasteiger partial charge is 0.306 e. The van der Waals surface area contributed by atoms with Crippen LogP contribution in [0.15, 0.2) is 109 Å². The Morgan fingerprint density at radius 2 is 0.931 bits per heavy atom. The van der Waals surface area contributed by atoms with Gasteiger partial charge in [-0.1, -0.05) is 214 Å². The van der Waals surface area contributed by atoms with E-state index in [-0.39, 0.29) is 24.9 Å². The molecule has 0 saturated carbocycles. The molecule has 0 bridgehead atoms. The molecule has 0 aromatic heterocycles. The van der Waals surface area contributed by atoms with Crippen LogP contribution in [0.5, 0.6) is 0 Å². The minimum absolute atomic E-state index is 0.0286. The molecule has 1 amide bonds. The second-order valence-electron chi connectivity index (χ2n) is 15.3. The number of ether oxygens (including phenoxy) is 1. The average Bonchev–Trinajstić information content (AvgIpc) is 3.22. The maximum absolute atomic E-state index is 13.1. The van der Waals surface area contributed by atoms with Crippen LogP contribution in [0.3, 0.4) is 0 Å². The molecular formula is C52H85NO5. The molecule has 0 aliphatic carbocycles. The molecule has 0 heterocycles. The molecule has 0 saturated heterocycles. The number of amides is 1. The molecule has 0 aliphatic rings. The molecule has 6 heteroatoms. The molecule has 3 unspecified atom stereocenters. The molecule has 0 spiro atoms. The predicted octanol–water partition coefficient (Wildman–Crippen LogP) is 13.6. The number of hydrogen-bond acceptors (Lipinski definition) is 5. The van der Waals surface area contributed by atoms with Crippen LogP contribution in [-0.2, 0) is 14.3 Å². The van der Waals surface area contributed by atoms with E-state index in [0.717, 1.165) is 83.5 Å².